The lowest BCUT2D eigenvalue weighted by Gasteiger charge is -2.24. The van der Waals surface area contributed by atoms with Gasteiger partial charge in [0.1, 0.15) is 0 Å². The lowest BCUT2D eigenvalue weighted by molar-refractivity contribution is -0.136. The van der Waals surface area contributed by atoms with Gasteiger partial charge in [-0.2, -0.15) is 0 Å². The minimum atomic E-state index is -0.772. The van der Waals surface area contributed by atoms with E-state index in [1.54, 1.807) is 0 Å². The third-order valence-corrected chi connectivity index (χ3v) is 3.35. The molecule has 20 heavy (non-hydrogen) atoms. The molecule has 2 rings (SSSR count). The predicted molar refractivity (Wildman–Crippen MR) is 76.6 cm³/mol. The summed E-state index contributed by atoms with van der Waals surface area (Å²) in [4.78, 5) is 12.9. The summed E-state index contributed by atoms with van der Waals surface area (Å²) in [5.41, 5.74) is 0.992. The number of carboxylic acid groups (broad SMARTS) is 1. The van der Waals surface area contributed by atoms with Crippen LogP contribution in [0.4, 0.5) is 5.69 Å². The van der Waals surface area contributed by atoms with E-state index in [0.717, 1.165) is 43.0 Å². The molecule has 1 aromatic rings. The van der Waals surface area contributed by atoms with Crippen molar-refractivity contribution in [2.45, 2.75) is 32.6 Å². The molecule has 0 saturated carbocycles. The summed E-state index contributed by atoms with van der Waals surface area (Å²) in [5, 5.41) is 8.86. The molecule has 0 unspecified atom stereocenters. The summed E-state index contributed by atoms with van der Waals surface area (Å²) in [6.07, 6.45) is 3.49. The zero-order valence-corrected chi connectivity index (χ0v) is 11.8. The molecule has 1 heterocycles. The number of anilines is 1. The van der Waals surface area contributed by atoms with Crippen LogP contribution in [0.15, 0.2) is 18.2 Å². The lowest BCUT2D eigenvalue weighted by Crippen LogP contribution is -2.27. The van der Waals surface area contributed by atoms with Gasteiger partial charge in [0, 0.05) is 24.8 Å². The van der Waals surface area contributed by atoms with Crippen LogP contribution in [0.3, 0.4) is 0 Å². The Kier molecular flexibility index (Phi) is 5.09. The summed E-state index contributed by atoms with van der Waals surface area (Å²) in [6.45, 7) is 3.78. The van der Waals surface area contributed by atoms with Crippen molar-refractivity contribution in [2.24, 2.45) is 0 Å². The Hall–Kier alpha value is -1.91. The second-order valence-corrected chi connectivity index (χ2v) is 4.88. The van der Waals surface area contributed by atoms with Gasteiger partial charge in [-0.05, 0) is 18.6 Å². The van der Waals surface area contributed by atoms with Crippen LogP contribution in [0.25, 0.3) is 0 Å². The molecule has 5 heteroatoms. The highest BCUT2D eigenvalue weighted by Gasteiger charge is 2.16. The fourth-order valence-corrected chi connectivity index (χ4v) is 2.24. The molecule has 1 aliphatic heterocycles. The third kappa shape index (κ3) is 3.79. The maximum absolute atomic E-state index is 10.8. The minimum Gasteiger partial charge on any atom is -0.481 e. The Balaban J connectivity index is 2.05. The molecule has 0 saturated heterocycles. The average molecular weight is 279 g/mol. The number of carboxylic acids is 1. The van der Waals surface area contributed by atoms with Crippen LogP contribution in [-0.4, -0.2) is 31.0 Å². The van der Waals surface area contributed by atoms with Gasteiger partial charge in [-0.25, -0.2) is 0 Å². The van der Waals surface area contributed by atoms with Crippen LogP contribution < -0.4 is 14.4 Å². The zero-order valence-electron chi connectivity index (χ0n) is 11.8. The summed E-state index contributed by atoms with van der Waals surface area (Å²) < 4.78 is 10.7. The highest BCUT2D eigenvalue weighted by molar-refractivity contribution is 5.68. The number of unbranched alkanes of at least 4 members (excludes halogenated alkanes) is 2. The van der Waals surface area contributed by atoms with Gasteiger partial charge in [-0.1, -0.05) is 19.8 Å². The summed E-state index contributed by atoms with van der Waals surface area (Å²) in [7, 11) is 0. The summed E-state index contributed by atoms with van der Waals surface area (Å²) in [5.74, 6) is 0.713. The van der Waals surface area contributed by atoms with Crippen LogP contribution in [0.2, 0.25) is 0 Å². The van der Waals surface area contributed by atoms with Gasteiger partial charge in [0.05, 0.1) is 6.42 Å². The van der Waals surface area contributed by atoms with E-state index in [2.05, 4.69) is 11.8 Å². The number of carbonyl (C=O) groups is 1. The number of nitrogens with zero attached hydrogens (tertiary/aromatic N) is 1. The monoisotopic (exact) mass is 279 g/mol. The number of fused-ring (bicyclic) bond motifs is 1. The smallest absolute Gasteiger partial charge is 0.305 e. The van der Waals surface area contributed by atoms with Crippen molar-refractivity contribution in [1.29, 1.82) is 0 Å². The summed E-state index contributed by atoms with van der Waals surface area (Å²) >= 11 is 0. The third-order valence-electron chi connectivity index (χ3n) is 3.35. The Morgan fingerprint density at radius 3 is 2.80 bits per heavy atom. The molecule has 1 N–H and O–H groups in total. The van der Waals surface area contributed by atoms with E-state index in [4.69, 9.17) is 14.6 Å². The van der Waals surface area contributed by atoms with Crippen molar-refractivity contribution in [1.82, 2.24) is 0 Å². The number of ether oxygens (including phenoxy) is 2. The van der Waals surface area contributed by atoms with E-state index in [1.807, 2.05) is 18.2 Å². The van der Waals surface area contributed by atoms with Crippen molar-refractivity contribution in [2.75, 3.05) is 24.8 Å². The maximum Gasteiger partial charge on any atom is 0.305 e. The Morgan fingerprint density at radius 1 is 1.25 bits per heavy atom. The fourth-order valence-electron chi connectivity index (χ4n) is 2.24. The molecule has 0 amide bonds. The molecule has 0 aromatic heterocycles. The van der Waals surface area contributed by atoms with Crippen LogP contribution in [0.5, 0.6) is 11.5 Å². The molecule has 110 valence electrons. The minimum absolute atomic E-state index is 0.139. The van der Waals surface area contributed by atoms with Crippen molar-refractivity contribution in [3.63, 3.8) is 0 Å². The molecule has 0 radical (unpaired) electrons. The number of hydrogen-bond donors (Lipinski definition) is 1. The van der Waals surface area contributed by atoms with Crippen LogP contribution in [-0.2, 0) is 4.79 Å². The standard InChI is InChI=1S/C15H21NO4/c1-2-3-4-8-16(9-7-15(17)18)12-5-6-13-14(10-12)20-11-19-13/h5-6,10H,2-4,7-9,11H2,1H3,(H,17,18). The first kappa shape index (κ1) is 14.5. The first-order valence-electron chi connectivity index (χ1n) is 7.07. The molecule has 0 atom stereocenters. The van der Waals surface area contributed by atoms with Crippen LogP contribution in [0, 0.1) is 0 Å². The van der Waals surface area contributed by atoms with Gasteiger partial charge in [0.15, 0.2) is 11.5 Å². The summed E-state index contributed by atoms with van der Waals surface area (Å²) in [6, 6.07) is 5.77. The number of hydrogen-bond acceptors (Lipinski definition) is 4. The first-order valence-corrected chi connectivity index (χ1v) is 7.07. The number of benzene rings is 1. The molecular formula is C15H21NO4. The molecule has 5 nitrogen and oxygen atoms in total. The maximum atomic E-state index is 10.8. The predicted octanol–water partition coefficient (Wildman–Crippen LogP) is 2.89. The fraction of sp³-hybridized carbons (Fsp3) is 0.533. The average Bonchev–Trinajstić information content (AvgIpc) is 2.89. The second kappa shape index (κ2) is 7.03. The van der Waals surface area contributed by atoms with E-state index in [9.17, 15) is 4.79 Å². The van der Waals surface area contributed by atoms with Gasteiger partial charge in [0.2, 0.25) is 6.79 Å². The van der Waals surface area contributed by atoms with E-state index < -0.39 is 5.97 Å². The Morgan fingerprint density at radius 2 is 2.05 bits per heavy atom. The lowest BCUT2D eigenvalue weighted by atomic mass is 10.2. The van der Waals surface area contributed by atoms with E-state index >= 15 is 0 Å². The van der Waals surface area contributed by atoms with Crippen molar-refractivity contribution >= 4 is 11.7 Å². The molecule has 0 spiro atoms. The molecule has 1 aromatic carbocycles. The van der Waals surface area contributed by atoms with Crippen molar-refractivity contribution in [3.8, 4) is 11.5 Å². The normalized spacial score (nSPS) is 12.4. The second-order valence-electron chi connectivity index (χ2n) is 4.88. The van der Waals surface area contributed by atoms with Gasteiger partial charge in [-0.15, -0.1) is 0 Å². The van der Waals surface area contributed by atoms with Crippen LogP contribution in [0.1, 0.15) is 32.6 Å². The van der Waals surface area contributed by atoms with E-state index in [0.29, 0.717) is 6.54 Å². The molecular weight excluding hydrogens is 258 g/mol. The van der Waals surface area contributed by atoms with Crippen molar-refractivity contribution in [3.05, 3.63) is 18.2 Å². The molecule has 0 fully saturated rings. The van der Waals surface area contributed by atoms with Gasteiger partial charge in [-0.3, -0.25) is 4.79 Å². The van der Waals surface area contributed by atoms with Gasteiger partial charge in [0.25, 0.3) is 0 Å². The molecule has 0 aliphatic carbocycles. The first-order chi connectivity index (χ1) is 9.70. The highest BCUT2D eigenvalue weighted by Crippen LogP contribution is 2.35. The zero-order chi connectivity index (χ0) is 14.4. The van der Waals surface area contributed by atoms with E-state index in [-0.39, 0.29) is 13.2 Å². The number of aliphatic carboxylic acids is 1. The van der Waals surface area contributed by atoms with Crippen LogP contribution >= 0.6 is 0 Å². The Labute approximate surface area is 119 Å². The molecule has 0 bridgehead atoms. The number of rotatable bonds is 8. The largest absolute Gasteiger partial charge is 0.481 e. The van der Waals surface area contributed by atoms with E-state index in [1.165, 1.54) is 0 Å². The molecule has 1 aliphatic rings. The Bertz CT molecular complexity index is 461. The van der Waals surface area contributed by atoms with Gasteiger partial charge >= 0.3 is 5.97 Å². The highest BCUT2D eigenvalue weighted by atomic mass is 16.7. The van der Waals surface area contributed by atoms with Crippen molar-refractivity contribution < 1.29 is 19.4 Å². The van der Waals surface area contributed by atoms with Gasteiger partial charge < -0.3 is 19.5 Å². The topological polar surface area (TPSA) is 59.0 Å². The quantitative estimate of drug-likeness (QED) is 0.741. The SMILES string of the molecule is CCCCCN(CCC(=O)O)c1ccc2c(c1)OCO2.